The lowest BCUT2D eigenvalue weighted by atomic mass is 9.69. The van der Waals surface area contributed by atoms with Crippen molar-refractivity contribution in [1.82, 2.24) is 0 Å². The first-order valence-corrected chi connectivity index (χ1v) is 8.51. The molecule has 0 spiro atoms. The van der Waals surface area contributed by atoms with E-state index in [1.807, 2.05) is 30.3 Å². The maximum atomic E-state index is 12.6. The standard InChI is InChI=1S/C19H24O5/c1-3-23-18(21)17(19(22)24-4-2)14-11-8-12-15(20)16(14)13-9-6-5-7-10-13/h5-7,9-10,14,16-17H,3-4,8,11-12H2,1-2H3. The van der Waals surface area contributed by atoms with E-state index in [1.54, 1.807) is 13.8 Å². The van der Waals surface area contributed by atoms with Crippen molar-refractivity contribution in [1.29, 1.82) is 0 Å². The van der Waals surface area contributed by atoms with Crippen LogP contribution in [0.25, 0.3) is 0 Å². The molecule has 2 rings (SSSR count). The van der Waals surface area contributed by atoms with Crippen LogP contribution in [-0.4, -0.2) is 30.9 Å². The van der Waals surface area contributed by atoms with E-state index in [9.17, 15) is 14.4 Å². The summed E-state index contributed by atoms with van der Waals surface area (Å²) >= 11 is 0. The normalized spacial score (nSPS) is 20.7. The molecule has 5 nitrogen and oxygen atoms in total. The Morgan fingerprint density at radius 1 is 1.08 bits per heavy atom. The van der Waals surface area contributed by atoms with Crippen molar-refractivity contribution >= 4 is 17.7 Å². The van der Waals surface area contributed by atoms with Gasteiger partial charge in [-0.1, -0.05) is 30.3 Å². The first kappa shape index (κ1) is 18.2. The maximum Gasteiger partial charge on any atom is 0.320 e. The van der Waals surface area contributed by atoms with Gasteiger partial charge in [0.25, 0.3) is 0 Å². The number of ether oxygens (including phenoxy) is 2. The van der Waals surface area contributed by atoms with Crippen LogP contribution in [0.4, 0.5) is 0 Å². The van der Waals surface area contributed by atoms with Crippen LogP contribution in [0, 0.1) is 11.8 Å². The third kappa shape index (κ3) is 4.02. The van der Waals surface area contributed by atoms with Gasteiger partial charge in [0.15, 0.2) is 5.92 Å². The summed E-state index contributed by atoms with van der Waals surface area (Å²) in [7, 11) is 0. The third-order valence-corrected chi connectivity index (χ3v) is 4.40. The summed E-state index contributed by atoms with van der Waals surface area (Å²) in [5.41, 5.74) is 0.839. The van der Waals surface area contributed by atoms with Gasteiger partial charge in [0, 0.05) is 12.3 Å². The number of carbonyl (C=O) groups excluding carboxylic acids is 3. The number of benzene rings is 1. The summed E-state index contributed by atoms with van der Waals surface area (Å²) in [4.78, 5) is 37.4. The maximum absolute atomic E-state index is 12.6. The summed E-state index contributed by atoms with van der Waals surface area (Å²) in [6.07, 6.45) is 1.75. The van der Waals surface area contributed by atoms with Crippen LogP contribution in [-0.2, 0) is 23.9 Å². The average Bonchev–Trinajstić information content (AvgIpc) is 2.56. The molecule has 5 heteroatoms. The monoisotopic (exact) mass is 332 g/mol. The molecule has 1 aliphatic carbocycles. The molecule has 0 aliphatic heterocycles. The highest BCUT2D eigenvalue weighted by Crippen LogP contribution is 2.40. The molecule has 1 aliphatic rings. The van der Waals surface area contributed by atoms with Crippen molar-refractivity contribution in [3.8, 4) is 0 Å². The highest BCUT2D eigenvalue weighted by molar-refractivity contribution is 5.97. The average molecular weight is 332 g/mol. The molecule has 0 N–H and O–H groups in total. The number of esters is 2. The van der Waals surface area contributed by atoms with E-state index in [4.69, 9.17) is 9.47 Å². The molecule has 0 saturated heterocycles. The second kappa shape index (κ2) is 8.62. The number of ketones is 1. The van der Waals surface area contributed by atoms with Crippen molar-refractivity contribution < 1.29 is 23.9 Å². The number of hydrogen-bond acceptors (Lipinski definition) is 5. The lowest BCUT2D eigenvalue weighted by Gasteiger charge is -2.34. The Morgan fingerprint density at radius 2 is 1.67 bits per heavy atom. The minimum atomic E-state index is -1.06. The first-order chi connectivity index (χ1) is 11.6. The molecule has 2 unspecified atom stereocenters. The van der Waals surface area contributed by atoms with E-state index in [-0.39, 0.29) is 19.0 Å². The van der Waals surface area contributed by atoms with Crippen molar-refractivity contribution in [2.75, 3.05) is 13.2 Å². The Labute approximate surface area is 142 Å². The zero-order chi connectivity index (χ0) is 17.5. The van der Waals surface area contributed by atoms with Gasteiger partial charge in [0.2, 0.25) is 0 Å². The van der Waals surface area contributed by atoms with Crippen molar-refractivity contribution in [3.63, 3.8) is 0 Å². The van der Waals surface area contributed by atoms with E-state index in [0.717, 1.165) is 5.56 Å². The second-order valence-electron chi connectivity index (χ2n) is 5.89. The van der Waals surface area contributed by atoms with Crippen LogP contribution in [0.5, 0.6) is 0 Å². The highest BCUT2D eigenvalue weighted by atomic mass is 16.6. The van der Waals surface area contributed by atoms with Gasteiger partial charge in [0.1, 0.15) is 5.78 Å². The van der Waals surface area contributed by atoms with Gasteiger partial charge in [-0.15, -0.1) is 0 Å². The molecule has 0 heterocycles. The van der Waals surface area contributed by atoms with Crippen LogP contribution in [0.1, 0.15) is 44.6 Å². The number of hydrogen-bond donors (Lipinski definition) is 0. The topological polar surface area (TPSA) is 69.7 Å². The lowest BCUT2D eigenvalue weighted by Crippen LogP contribution is -2.41. The van der Waals surface area contributed by atoms with Crippen LogP contribution >= 0.6 is 0 Å². The molecule has 0 amide bonds. The summed E-state index contributed by atoms with van der Waals surface area (Å²) in [5.74, 6) is -3.09. The van der Waals surface area contributed by atoms with Crippen molar-refractivity contribution in [2.45, 2.75) is 39.0 Å². The molecule has 1 fully saturated rings. The van der Waals surface area contributed by atoms with Crippen LogP contribution in [0.3, 0.4) is 0 Å². The predicted molar refractivity (Wildman–Crippen MR) is 88.3 cm³/mol. The van der Waals surface area contributed by atoms with Crippen molar-refractivity contribution in [2.24, 2.45) is 11.8 Å². The summed E-state index contributed by atoms with van der Waals surface area (Å²) < 4.78 is 10.2. The van der Waals surface area contributed by atoms with Crippen LogP contribution in [0.15, 0.2) is 30.3 Å². The molecule has 1 aromatic carbocycles. The van der Waals surface area contributed by atoms with Gasteiger partial charge in [-0.25, -0.2) is 0 Å². The molecular weight excluding hydrogens is 308 g/mol. The molecule has 0 bridgehead atoms. The van der Waals surface area contributed by atoms with E-state index in [1.165, 1.54) is 0 Å². The fourth-order valence-electron chi connectivity index (χ4n) is 3.44. The molecule has 24 heavy (non-hydrogen) atoms. The Balaban J connectivity index is 2.38. The largest absolute Gasteiger partial charge is 0.465 e. The number of carbonyl (C=O) groups is 3. The third-order valence-electron chi connectivity index (χ3n) is 4.40. The van der Waals surface area contributed by atoms with Crippen LogP contribution in [0.2, 0.25) is 0 Å². The van der Waals surface area contributed by atoms with Crippen LogP contribution < -0.4 is 0 Å². The summed E-state index contributed by atoms with van der Waals surface area (Å²) in [5, 5.41) is 0. The summed E-state index contributed by atoms with van der Waals surface area (Å²) in [6.45, 7) is 3.76. The molecule has 0 radical (unpaired) electrons. The van der Waals surface area contributed by atoms with Gasteiger partial charge in [-0.2, -0.15) is 0 Å². The van der Waals surface area contributed by atoms with E-state index in [2.05, 4.69) is 0 Å². The van der Waals surface area contributed by atoms with Gasteiger partial charge in [0.05, 0.1) is 13.2 Å². The second-order valence-corrected chi connectivity index (χ2v) is 5.89. The van der Waals surface area contributed by atoms with E-state index < -0.39 is 29.7 Å². The number of Topliss-reactive ketones (excluding diaryl/α,β-unsaturated/α-hetero) is 1. The van der Waals surface area contributed by atoms with E-state index >= 15 is 0 Å². The molecule has 2 atom stereocenters. The smallest absolute Gasteiger partial charge is 0.320 e. The fourth-order valence-corrected chi connectivity index (χ4v) is 3.44. The lowest BCUT2D eigenvalue weighted by molar-refractivity contribution is -0.165. The SMILES string of the molecule is CCOC(=O)C(C(=O)OCC)C1CCCC(=O)C1c1ccccc1. The van der Waals surface area contributed by atoms with E-state index in [0.29, 0.717) is 19.3 Å². The summed E-state index contributed by atoms with van der Waals surface area (Å²) in [6, 6.07) is 9.33. The minimum Gasteiger partial charge on any atom is -0.465 e. The minimum absolute atomic E-state index is 0.0658. The predicted octanol–water partition coefficient (Wildman–Crippen LogP) is 2.88. The Kier molecular flexibility index (Phi) is 6.53. The quantitative estimate of drug-likeness (QED) is 0.592. The molecule has 0 aromatic heterocycles. The van der Waals surface area contributed by atoms with Crippen molar-refractivity contribution in [3.05, 3.63) is 35.9 Å². The molecule has 130 valence electrons. The fraction of sp³-hybridized carbons (Fsp3) is 0.526. The zero-order valence-corrected chi connectivity index (χ0v) is 14.2. The van der Waals surface area contributed by atoms with Gasteiger partial charge >= 0.3 is 11.9 Å². The Bertz CT molecular complexity index is 563. The highest BCUT2D eigenvalue weighted by Gasteiger charge is 2.45. The Hall–Kier alpha value is -2.17. The molecule has 1 saturated carbocycles. The number of rotatable bonds is 6. The Morgan fingerprint density at radius 3 is 2.21 bits per heavy atom. The first-order valence-electron chi connectivity index (χ1n) is 8.51. The van der Waals surface area contributed by atoms with Gasteiger partial charge in [-0.3, -0.25) is 14.4 Å². The van der Waals surface area contributed by atoms with Gasteiger partial charge in [-0.05, 0) is 38.2 Å². The van der Waals surface area contributed by atoms with Gasteiger partial charge < -0.3 is 9.47 Å². The molecular formula is C19H24O5. The molecule has 1 aromatic rings. The zero-order valence-electron chi connectivity index (χ0n) is 14.2.